The fourth-order valence-corrected chi connectivity index (χ4v) is 1.66. The zero-order valence-corrected chi connectivity index (χ0v) is 11.2. The van der Waals surface area contributed by atoms with Gasteiger partial charge in [0.2, 0.25) is 0 Å². The first-order valence-electron chi connectivity index (χ1n) is 6.26. The molecule has 0 saturated carbocycles. The molecule has 1 aromatic heterocycles. The van der Waals surface area contributed by atoms with Crippen LogP contribution in [-0.4, -0.2) is 22.5 Å². The average Bonchev–Trinajstić information content (AvgIpc) is 2.47. The number of nitrogens with zero attached hydrogens (tertiary/aromatic N) is 2. The van der Waals surface area contributed by atoms with E-state index in [1.54, 1.807) is 37.4 Å². The van der Waals surface area contributed by atoms with E-state index in [1.165, 1.54) is 6.33 Å². The molecular weight excluding hydrogens is 256 g/mol. The third-order valence-electron chi connectivity index (χ3n) is 2.67. The van der Waals surface area contributed by atoms with Gasteiger partial charge in [-0.2, -0.15) is 0 Å². The topological polar surface area (TPSA) is 90.1 Å². The van der Waals surface area contributed by atoms with Crippen molar-refractivity contribution in [1.29, 1.82) is 0 Å². The summed E-state index contributed by atoms with van der Waals surface area (Å²) in [6.07, 6.45) is 3.15. The molecule has 0 unspecified atom stereocenters. The Morgan fingerprint density at radius 3 is 2.95 bits per heavy atom. The van der Waals surface area contributed by atoms with Crippen LogP contribution in [0.15, 0.2) is 36.8 Å². The van der Waals surface area contributed by atoms with Gasteiger partial charge in [0.05, 0.1) is 35.8 Å². The number of hydrogen-bond acceptors (Lipinski definition) is 6. The summed E-state index contributed by atoms with van der Waals surface area (Å²) in [5.74, 6) is -0.363. The molecular formula is C14H16N4O2. The fourth-order valence-electron chi connectivity index (χ4n) is 1.66. The number of benzene rings is 1. The number of hydrogen-bond donors (Lipinski definition) is 2. The predicted molar refractivity (Wildman–Crippen MR) is 76.2 cm³/mol. The van der Waals surface area contributed by atoms with Crippen LogP contribution >= 0.6 is 0 Å². The minimum Gasteiger partial charge on any atom is -0.462 e. The van der Waals surface area contributed by atoms with Gasteiger partial charge in [-0.3, -0.25) is 0 Å². The largest absolute Gasteiger partial charge is 0.462 e. The van der Waals surface area contributed by atoms with Crippen LogP contribution < -0.4 is 11.1 Å². The normalized spacial score (nSPS) is 10.1. The summed E-state index contributed by atoms with van der Waals surface area (Å²) >= 11 is 0. The van der Waals surface area contributed by atoms with Crippen molar-refractivity contribution in [3.63, 3.8) is 0 Å². The maximum Gasteiger partial charge on any atom is 0.338 e. The smallest absolute Gasteiger partial charge is 0.338 e. The van der Waals surface area contributed by atoms with Crippen LogP contribution in [0.25, 0.3) is 0 Å². The van der Waals surface area contributed by atoms with Crippen molar-refractivity contribution in [2.75, 3.05) is 17.7 Å². The lowest BCUT2D eigenvalue weighted by atomic mass is 10.1. The van der Waals surface area contributed by atoms with E-state index in [0.29, 0.717) is 30.1 Å². The molecule has 6 nitrogen and oxygen atoms in total. The zero-order valence-electron chi connectivity index (χ0n) is 11.2. The maximum absolute atomic E-state index is 11.7. The Bertz CT molecular complexity index is 587. The van der Waals surface area contributed by atoms with E-state index in [4.69, 9.17) is 10.5 Å². The van der Waals surface area contributed by atoms with Gasteiger partial charge in [-0.25, -0.2) is 14.8 Å². The first-order chi connectivity index (χ1) is 9.70. The molecule has 20 heavy (non-hydrogen) atoms. The Labute approximate surface area is 117 Å². The number of ether oxygens (including phenoxy) is 1. The standard InChI is InChI=1S/C14H16N4O2/c1-2-20-14(19)10-3-4-12(15)13(7-10)17-8-11-5-6-16-9-18-11/h3-7,9,17H,2,8,15H2,1H3. The lowest BCUT2D eigenvalue weighted by molar-refractivity contribution is 0.0526. The molecule has 1 heterocycles. The number of aromatic nitrogens is 2. The molecule has 0 saturated heterocycles. The molecule has 0 amide bonds. The molecule has 0 fully saturated rings. The Kier molecular flexibility index (Phi) is 4.49. The lowest BCUT2D eigenvalue weighted by Crippen LogP contribution is -2.08. The highest BCUT2D eigenvalue weighted by molar-refractivity contribution is 5.92. The van der Waals surface area contributed by atoms with E-state index in [-0.39, 0.29) is 5.97 Å². The minimum atomic E-state index is -0.363. The van der Waals surface area contributed by atoms with Gasteiger partial charge >= 0.3 is 5.97 Å². The SMILES string of the molecule is CCOC(=O)c1ccc(N)c(NCc2ccncn2)c1. The van der Waals surface area contributed by atoms with Gasteiger partial charge in [-0.05, 0) is 31.2 Å². The Balaban J connectivity index is 2.10. The van der Waals surface area contributed by atoms with Gasteiger partial charge in [-0.15, -0.1) is 0 Å². The molecule has 1 aromatic carbocycles. The molecule has 2 aromatic rings. The first-order valence-corrected chi connectivity index (χ1v) is 6.26. The zero-order chi connectivity index (χ0) is 14.4. The van der Waals surface area contributed by atoms with Crippen molar-refractivity contribution in [2.45, 2.75) is 13.5 Å². The Morgan fingerprint density at radius 2 is 2.25 bits per heavy atom. The highest BCUT2D eigenvalue weighted by atomic mass is 16.5. The number of esters is 1. The Morgan fingerprint density at radius 1 is 1.40 bits per heavy atom. The van der Waals surface area contributed by atoms with Crippen molar-refractivity contribution < 1.29 is 9.53 Å². The number of nitrogens with two attached hydrogens (primary N) is 1. The average molecular weight is 272 g/mol. The quantitative estimate of drug-likeness (QED) is 0.637. The minimum absolute atomic E-state index is 0.340. The second kappa shape index (κ2) is 6.51. The molecule has 0 bridgehead atoms. The van der Waals surface area contributed by atoms with Gasteiger partial charge in [0.25, 0.3) is 0 Å². The Hall–Kier alpha value is -2.63. The molecule has 0 spiro atoms. The number of nitrogens with one attached hydrogen (secondary N) is 1. The molecule has 2 rings (SSSR count). The summed E-state index contributed by atoms with van der Waals surface area (Å²) < 4.78 is 4.96. The van der Waals surface area contributed by atoms with Crippen LogP contribution in [0.3, 0.4) is 0 Å². The number of anilines is 2. The van der Waals surface area contributed by atoms with Crippen molar-refractivity contribution in [2.24, 2.45) is 0 Å². The van der Waals surface area contributed by atoms with Crippen LogP contribution in [0, 0.1) is 0 Å². The monoisotopic (exact) mass is 272 g/mol. The van der Waals surface area contributed by atoms with Crippen molar-refractivity contribution in [3.8, 4) is 0 Å². The van der Waals surface area contributed by atoms with Crippen molar-refractivity contribution in [1.82, 2.24) is 9.97 Å². The third kappa shape index (κ3) is 3.44. The molecule has 0 atom stereocenters. The van der Waals surface area contributed by atoms with E-state index in [9.17, 15) is 4.79 Å². The summed E-state index contributed by atoms with van der Waals surface area (Å²) in [4.78, 5) is 19.6. The number of nitrogen functional groups attached to an aromatic ring is 1. The molecule has 0 aliphatic heterocycles. The van der Waals surface area contributed by atoms with Crippen LogP contribution in [0.1, 0.15) is 23.0 Å². The summed E-state index contributed by atoms with van der Waals surface area (Å²) in [6.45, 7) is 2.61. The highest BCUT2D eigenvalue weighted by Gasteiger charge is 2.09. The van der Waals surface area contributed by atoms with E-state index < -0.39 is 0 Å². The van der Waals surface area contributed by atoms with Crippen molar-refractivity contribution in [3.05, 3.63) is 48.0 Å². The third-order valence-corrected chi connectivity index (χ3v) is 2.67. The van der Waals surface area contributed by atoms with Crippen LogP contribution in [-0.2, 0) is 11.3 Å². The lowest BCUT2D eigenvalue weighted by Gasteiger charge is -2.10. The number of carbonyl (C=O) groups is 1. The molecule has 6 heteroatoms. The summed E-state index contributed by atoms with van der Waals surface area (Å²) in [5, 5.41) is 3.14. The number of rotatable bonds is 5. The van der Waals surface area contributed by atoms with Crippen LogP contribution in [0.4, 0.5) is 11.4 Å². The summed E-state index contributed by atoms with van der Waals surface area (Å²) in [7, 11) is 0. The van der Waals surface area contributed by atoms with Gasteiger partial charge in [0.15, 0.2) is 0 Å². The number of carbonyl (C=O) groups excluding carboxylic acids is 1. The van der Waals surface area contributed by atoms with E-state index in [2.05, 4.69) is 15.3 Å². The van der Waals surface area contributed by atoms with Gasteiger partial charge < -0.3 is 15.8 Å². The second-order valence-electron chi connectivity index (χ2n) is 4.08. The molecule has 0 aliphatic rings. The molecule has 3 N–H and O–H groups in total. The van der Waals surface area contributed by atoms with Gasteiger partial charge in [-0.1, -0.05) is 0 Å². The highest BCUT2D eigenvalue weighted by Crippen LogP contribution is 2.21. The van der Waals surface area contributed by atoms with Crippen LogP contribution in [0.5, 0.6) is 0 Å². The summed E-state index contributed by atoms with van der Waals surface area (Å²) in [5.41, 5.74) is 8.42. The first kappa shape index (κ1) is 13.8. The molecule has 0 aliphatic carbocycles. The van der Waals surface area contributed by atoms with Gasteiger partial charge in [0, 0.05) is 6.20 Å². The summed E-state index contributed by atoms with van der Waals surface area (Å²) in [6, 6.07) is 6.80. The van der Waals surface area contributed by atoms with E-state index in [0.717, 1.165) is 5.69 Å². The second-order valence-corrected chi connectivity index (χ2v) is 4.08. The van der Waals surface area contributed by atoms with E-state index in [1.807, 2.05) is 0 Å². The predicted octanol–water partition coefficient (Wildman–Crippen LogP) is 1.85. The van der Waals surface area contributed by atoms with E-state index >= 15 is 0 Å². The molecule has 104 valence electrons. The molecule has 0 radical (unpaired) electrons. The van der Waals surface area contributed by atoms with Gasteiger partial charge in [0.1, 0.15) is 6.33 Å². The van der Waals surface area contributed by atoms with Crippen molar-refractivity contribution >= 4 is 17.3 Å². The maximum atomic E-state index is 11.7. The van der Waals surface area contributed by atoms with Crippen LogP contribution in [0.2, 0.25) is 0 Å². The fraction of sp³-hybridized carbons (Fsp3) is 0.214.